The molecule has 8 heteroatoms. The fourth-order valence-corrected chi connectivity index (χ4v) is 2.03. The SMILES string of the molecule is CC(C)CNC(=O)c1cccc(OS(C)(=O)=O)c1C(=O)O. The van der Waals surface area contributed by atoms with E-state index in [-0.39, 0.29) is 17.2 Å². The number of carboxylic acid groups (broad SMARTS) is 1. The third-order valence-electron chi connectivity index (χ3n) is 2.40. The Morgan fingerprint density at radius 2 is 1.95 bits per heavy atom. The van der Waals surface area contributed by atoms with Crippen LogP contribution in [0.15, 0.2) is 18.2 Å². The minimum absolute atomic E-state index is 0.149. The van der Waals surface area contributed by atoms with Crippen LogP contribution in [0.4, 0.5) is 0 Å². The van der Waals surface area contributed by atoms with Gasteiger partial charge in [0.05, 0.1) is 11.8 Å². The monoisotopic (exact) mass is 315 g/mol. The predicted molar refractivity (Wildman–Crippen MR) is 76.0 cm³/mol. The lowest BCUT2D eigenvalue weighted by molar-refractivity contribution is 0.0689. The third kappa shape index (κ3) is 5.07. The van der Waals surface area contributed by atoms with Crippen molar-refractivity contribution in [2.45, 2.75) is 13.8 Å². The van der Waals surface area contributed by atoms with Crippen molar-refractivity contribution in [1.82, 2.24) is 5.32 Å². The molecule has 0 aliphatic carbocycles. The van der Waals surface area contributed by atoms with Gasteiger partial charge in [-0.3, -0.25) is 4.79 Å². The molecule has 1 aromatic rings. The molecule has 21 heavy (non-hydrogen) atoms. The number of hydrogen-bond donors (Lipinski definition) is 2. The second-order valence-corrected chi connectivity index (χ2v) is 6.45. The van der Waals surface area contributed by atoms with Crippen molar-refractivity contribution in [3.63, 3.8) is 0 Å². The molecule has 0 bridgehead atoms. The average Bonchev–Trinajstić information content (AvgIpc) is 2.33. The minimum atomic E-state index is -3.90. The topological polar surface area (TPSA) is 110 Å². The van der Waals surface area contributed by atoms with Crippen molar-refractivity contribution in [3.8, 4) is 5.75 Å². The number of nitrogens with one attached hydrogen (secondary N) is 1. The van der Waals surface area contributed by atoms with E-state index in [9.17, 15) is 23.1 Å². The van der Waals surface area contributed by atoms with Crippen LogP contribution in [0.2, 0.25) is 0 Å². The summed E-state index contributed by atoms with van der Waals surface area (Å²) in [4.78, 5) is 23.3. The molecular weight excluding hydrogens is 298 g/mol. The maximum Gasteiger partial charge on any atom is 0.340 e. The fourth-order valence-electron chi connectivity index (χ4n) is 1.57. The largest absolute Gasteiger partial charge is 0.478 e. The second kappa shape index (κ2) is 6.57. The van der Waals surface area contributed by atoms with E-state index in [4.69, 9.17) is 0 Å². The summed E-state index contributed by atoms with van der Waals surface area (Å²) in [7, 11) is -3.90. The summed E-state index contributed by atoms with van der Waals surface area (Å²) in [5.74, 6) is -2.23. The molecule has 0 fully saturated rings. The molecule has 0 aromatic heterocycles. The van der Waals surface area contributed by atoms with Crippen molar-refractivity contribution in [2.24, 2.45) is 5.92 Å². The maximum atomic E-state index is 12.0. The van der Waals surface area contributed by atoms with Crippen molar-refractivity contribution in [2.75, 3.05) is 12.8 Å². The standard InChI is InChI=1S/C13H17NO6S/c1-8(2)7-14-12(15)9-5-4-6-10(11(9)13(16)17)20-21(3,18)19/h4-6,8H,7H2,1-3H3,(H,14,15)(H,16,17). The molecule has 0 aliphatic heterocycles. The van der Waals surface area contributed by atoms with Crippen LogP contribution < -0.4 is 9.50 Å². The van der Waals surface area contributed by atoms with Crippen molar-refractivity contribution in [1.29, 1.82) is 0 Å². The van der Waals surface area contributed by atoms with Gasteiger partial charge < -0.3 is 14.6 Å². The van der Waals surface area contributed by atoms with E-state index < -0.39 is 27.6 Å². The first-order valence-corrected chi connectivity index (χ1v) is 7.97. The Labute approximate surface area is 123 Å². The molecule has 7 nitrogen and oxygen atoms in total. The predicted octanol–water partition coefficient (Wildman–Crippen LogP) is 1.11. The van der Waals surface area contributed by atoms with Gasteiger partial charge in [0.15, 0.2) is 5.75 Å². The summed E-state index contributed by atoms with van der Waals surface area (Å²) in [5, 5.41) is 11.8. The summed E-state index contributed by atoms with van der Waals surface area (Å²) < 4.78 is 26.9. The van der Waals surface area contributed by atoms with Crippen LogP contribution in [0.3, 0.4) is 0 Å². The number of carboxylic acids is 1. The first kappa shape index (κ1) is 17.0. The molecule has 1 rings (SSSR count). The normalized spacial score (nSPS) is 11.2. The molecule has 1 aromatic carbocycles. The molecule has 0 heterocycles. The summed E-state index contributed by atoms with van der Waals surface area (Å²) in [5.41, 5.74) is -0.631. The smallest absolute Gasteiger partial charge is 0.340 e. The molecule has 0 saturated heterocycles. The van der Waals surface area contributed by atoms with Gasteiger partial charge in [-0.2, -0.15) is 8.42 Å². The summed E-state index contributed by atoms with van der Waals surface area (Å²) in [6.07, 6.45) is 0.796. The molecule has 1 amide bonds. The van der Waals surface area contributed by atoms with Gasteiger partial charge in [0, 0.05) is 6.54 Å². The van der Waals surface area contributed by atoms with Crippen LogP contribution in [-0.4, -0.2) is 38.2 Å². The first-order valence-electron chi connectivity index (χ1n) is 6.15. The van der Waals surface area contributed by atoms with Gasteiger partial charge in [-0.15, -0.1) is 0 Å². The number of carbonyl (C=O) groups is 2. The highest BCUT2D eigenvalue weighted by Crippen LogP contribution is 2.24. The number of carbonyl (C=O) groups excluding carboxylic acids is 1. The highest BCUT2D eigenvalue weighted by molar-refractivity contribution is 7.86. The lowest BCUT2D eigenvalue weighted by Crippen LogP contribution is -2.29. The molecule has 0 unspecified atom stereocenters. The summed E-state index contributed by atoms with van der Waals surface area (Å²) in [6, 6.07) is 3.84. The highest BCUT2D eigenvalue weighted by Gasteiger charge is 2.23. The minimum Gasteiger partial charge on any atom is -0.478 e. The van der Waals surface area contributed by atoms with Gasteiger partial charge in [-0.25, -0.2) is 4.79 Å². The Hall–Kier alpha value is -2.09. The van der Waals surface area contributed by atoms with Gasteiger partial charge in [-0.1, -0.05) is 19.9 Å². The van der Waals surface area contributed by atoms with Crippen LogP contribution in [0.5, 0.6) is 5.75 Å². The van der Waals surface area contributed by atoms with E-state index in [0.29, 0.717) is 6.54 Å². The van der Waals surface area contributed by atoms with Crippen LogP contribution in [0.25, 0.3) is 0 Å². The van der Waals surface area contributed by atoms with Crippen LogP contribution >= 0.6 is 0 Å². The third-order valence-corrected chi connectivity index (χ3v) is 2.88. The second-order valence-electron chi connectivity index (χ2n) is 4.88. The molecule has 2 N–H and O–H groups in total. The van der Waals surface area contributed by atoms with E-state index in [1.54, 1.807) is 0 Å². The van der Waals surface area contributed by atoms with E-state index in [2.05, 4.69) is 9.50 Å². The molecule has 116 valence electrons. The van der Waals surface area contributed by atoms with E-state index in [0.717, 1.165) is 6.26 Å². The lowest BCUT2D eigenvalue weighted by atomic mass is 10.1. The van der Waals surface area contributed by atoms with Gasteiger partial charge in [0.25, 0.3) is 5.91 Å². The molecular formula is C13H17NO6S. The highest BCUT2D eigenvalue weighted by atomic mass is 32.2. The van der Waals surface area contributed by atoms with Crippen LogP contribution in [-0.2, 0) is 10.1 Å². The Morgan fingerprint density at radius 1 is 1.33 bits per heavy atom. The number of rotatable bonds is 6. The molecule has 0 atom stereocenters. The fraction of sp³-hybridized carbons (Fsp3) is 0.385. The molecule has 0 spiro atoms. The van der Waals surface area contributed by atoms with Gasteiger partial charge in [-0.05, 0) is 18.1 Å². The van der Waals surface area contributed by atoms with Crippen molar-refractivity contribution < 1.29 is 27.3 Å². The van der Waals surface area contributed by atoms with Gasteiger partial charge >= 0.3 is 16.1 Å². The number of amides is 1. The zero-order valence-electron chi connectivity index (χ0n) is 11.9. The first-order chi connectivity index (χ1) is 9.61. The number of aromatic carboxylic acids is 1. The summed E-state index contributed by atoms with van der Waals surface area (Å²) >= 11 is 0. The number of hydrogen-bond acceptors (Lipinski definition) is 5. The zero-order valence-corrected chi connectivity index (χ0v) is 12.7. The Morgan fingerprint density at radius 3 is 2.43 bits per heavy atom. The molecule has 0 saturated carbocycles. The number of benzene rings is 1. The van der Waals surface area contributed by atoms with E-state index >= 15 is 0 Å². The zero-order chi connectivity index (χ0) is 16.2. The Bertz CT molecular complexity index is 651. The quantitative estimate of drug-likeness (QED) is 0.761. The Kier molecular flexibility index (Phi) is 5.31. The van der Waals surface area contributed by atoms with Gasteiger partial charge in [0.2, 0.25) is 0 Å². The maximum absolute atomic E-state index is 12.0. The summed E-state index contributed by atoms with van der Waals surface area (Å²) in [6.45, 7) is 4.15. The van der Waals surface area contributed by atoms with Gasteiger partial charge in [0.1, 0.15) is 5.56 Å². The average molecular weight is 315 g/mol. The van der Waals surface area contributed by atoms with E-state index in [1.807, 2.05) is 13.8 Å². The van der Waals surface area contributed by atoms with E-state index in [1.165, 1.54) is 18.2 Å². The van der Waals surface area contributed by atoms with Crippen LogP contribution in [0.1, 0.15) is 34.6 Å². The molecule has 0 radical (unpaired) electrons. The van der Waals surface area contributed by atoms with Crippen LogP contribution in [0, 0.1) is 5.92 Å². The Balaban J connectivity index is 3.24. The van der Waals surface area contributed by atoms with Crippen molar-refractivity contribution >= 4 is 22.0 Å². The molecule has 0 aliphatic rings. The van der Waals surface area contributed by atoms with Crippen molar-refractivity contribution in [3.05, 3.63) is 29.3 Å². The lowest BCUT2D eigenvalue weighted by Gasteiger charge is -2.12.